The first kappa shape index (κ1) is 10.8. The van der Waals surface area contributed by atoms with E-state index in [1.165, 1.54) is 17.6 Å². The Morgan fingerprint density at radius 3 is 2.71 bits per heavy atom. The van der Waals surface area contributed by atoms with E-state index < -0.39 is 0 Å². The minimum atomic E-state index is 0.861. The summed E-state index contributed by atoms with van der Waals surface area (Å²) in [6.07, 6.45) is 8.54. The zero-order chi connectivity index (χ0) is 11.7. The Bertz CT molecular complexity index is 444. The molecule has 0 heterocycles. The van der Waals surface area contributed by atoms with Crippen LogP contribution in [0.2, 0.25) is 0 Å². The summed E-state index contributed by atoms with van der Waals surface area (Å²) in [6, 6.07) is 10.7. The molecule has 0 bridgehead atoms. The van der Waals surface area contributed by atoms with Gasteiger partial charge >= 0.3 is 0 Å². The van der Waals surface area contributed by atoms with Gasteiger partial charge in [0.25, 0.3) is 0 Å². The Morgan fingerprint density at radius 1 is 1.12 bits per heavy atom. The van der Waals surface area contributed by atoms with Gasteiger partial charge in [0, 0.05) is 13.1 Å². The van der Waals surface area contributed by atoms with Crippen LogP contribution in [0.1, 0.15) is 12.0 Å². The number of allylic oxidation sites excluding steroid dienone is 2. The second-order valence-electron chi connectivity index (χ2n) is 5.32. The molecule has 1 saturated carbocycles. The number of fused-ring (bicyclic) bond motifs is 1. The van der Waals surface area contributed by atoms with E-state index in [1.54, 1.807) is 0 Å². The van der Waals surface area contributed by atoms with Crippen molar-refractivity contribution in [1.82, 2.24) is 4.90 Å². The van der Waals surface area contributed by atoms with Crippen molar-refractivity contribution >= 4 is 0 Å². The standard InChI is InChI=1S/C16H19N/c1-17(11-13-5-3-2-4-6-13)12-14-7-8-15-10-16(15)9-14/h2-9,15-16H,10-12H2,1H3. The SMILES string of the molecule is CN(CC1=CC2CC2C=C1)Cc1ccccc1. The van der Waals surface area contributed by atoms with Crippen molar-refractivity contribution in [2.75, 3.05) is 13.6 Å². The highest BCUT2D eigenvalue weighted by atomic mass is 15.1. The Balaban J connectivity index is 1.57. The van der Waals surface area contributed by atoms with E-state index in [4.69, 9.17) is 0 Å². The molecule has 0 radical (unpaired) electrons. The fraction of sp³-hybridized carbons (Fsp3) is 0.375. The fourth-order valence-corrected chi connectivity index (χ4v) is 2.59. The Labute approximate surface area is 103 Å². The van der Waals surface area contributed by atoms with Crippen LogP contribution >= 0.6 is 0 Å². The van der Waals surface area contributed by atoms with Gasteiger partial charge in [-0.05, 0) is 36.4 Å². The highest BCUT2D eigenvalue weighted by Gasteiger charge is 2.34. The zero-order valence-corrected chi connectivity index (χ0v) is 10.3. The molecule has 0 aliphatic heterocycles. The average molecular weight is 225 g/mol. The topological polar surface area (TPSA) is 3.24 Å². The molecule has 3 rings (SSSR count). The van der Waals surface area contributed by atoms with Crippen molar-refractivity contribution in [3.63, 3.8) is 0 Å². The van der Waals surface area contributed by atoms with Crippen LogP contribution in [0.25, 0.3) is 0 Å². The van der Waals surface area contributed by atoms with Crippen molar-refractivity contribution in [2.24, 2.45) is 11.8 Å². The van der Waals surface area contributed by atoms with E-state index in [2.05, 4.69) is 60.5 Å². The number of rotatable bonds is 4. The first-order valence-electron chi connectivity index (χ1n) is 6.42. The molecule has 2 atom stereocenters. The second kappa shape index (κ2) is 4.50. The van der Waals surface area contributed by atoms with Gasteiger partial charge in [0.2, 0.25) is 0 Å². The minimum Gasteiger partial charge on any atom is -0.298 e. The third kappa shape index (κ3) is 2.67. The third-order valence-corrected chi connectivity index (χ3v) is 3.62. The van der Waals surface area contributed by atoms with Crippen molar-refractivity contribution in [1.29, 1.82) is 0 Å². The highest BCUT2D eigenvalue weighted by molar-refractivity contribution is 5.31. The smallest absolute Gasteiger partial charge is 0.0234 e. The van der Waals surface area contributed by atoms with Gasteiger partial charge in [-0.15, -0.1) is 0 Å². The Morgan fingerprint density at radius 2 is 1.94 bits per heavy atom. The molecular formula is C16H19N. The van der Waals surface area contributed by atoms with Gasteiger partial charge in [0.1, 0.15) is 0 Å². The third-order valence-electron chi connectivity index (χ3n) is 3.62. The van der Waals surface area contributed by atoms with E-state index in [9.17, 15) is 0 Å². The molecule has 0 aromatic heterocycles. The molecular weight excluding hydrogens is 206 g/mol. The molecule has 1 heteroatoms. The summed E-state index contributed by atoms with van der Waals surface area (Å²) in [5.74, 6) is 1.73. The van der Waals surface area contributed by atoms with Gasteiger partial charge < -0.3 is 0 Å². The molecule has 0 spiro atoms. The first-order chi connectivity index (χ1) is 8.31. The quantitative estimate of drug-likeness (QED) is 0.760. The maximum atomic E-state index is 2.46. The lowest BCUT2D eigenvalue weighted by atomic mass is 10.1. The van der Waals surface area contributed by atoms with Crippen LogP contribution in [0.4, 0.5) is 0 Å². The number of nitrogens with zero attached hydrogens (tertiary/aromatic N) is 1. The normalized spacial score (nSPS) is 25.6. The summed E-state index contributed by atoms with van der Waals surface area (Å²) in [6.45, 7) is 2.09. The molecule has 2 aliphatic carbocycles. The zero-order valence-electron chi connectivity index (χ0n) is 10.3. The average Bonchev–Trinajstić information content (AvgIpc) is 3.08. The molecule has 0 N–H and O–H groups in total. The second-order valence-corrected chi connectivity index (χ2v) is 5.32. The lowest BCUT2D eigenvalue weighted by Gasteiger charge is -2.18. The molecule has 2 unspecified atom stereocenters. The van der Waals surface area contributed by atoms with E-state index in [0.29, 0.717) is 0 Å². The van der Waals surface area contributed by atoms with Crippen molar-refractivity contribution in [2.45, 2.75) is 13.0 Å². The minimum absolute atomic E-state index is 0.861. The molecule has 0 amide bonds. The van der Waals surface area contributed by atoms with Gasteiger partial charge in [-0.25, -0.2) is 0 Å². The predicted octanol–water partition coefficient (Wildman–Crippen LogP) is 3.25. The van der Waals surface area contributed by atoms with Gasteiger partial charge in [-0.2, -0.15) is 0 Å². The molecule has 2 aliphatic rings. The van der Waals surface area contributed by atoms with Gasteiger partial charge in [0.15, 0.2) is 0 Å². The van der Waals surface area contributed by atoms with Gasteiger partial charge in [-0.3, -0.25) is 4.90 Å². The van der Waals surface area contributed by atoms with Gasteiger partial charge in [0.05, 0.1) is 0 Å². The summed E-state index contributed by atoms with van der Waals surface area (Å²) < 4.78 is 0. The molecule has 1 aromatic carbocycles. The number of likely N-dealkylation sites (N-methyl/N-ethyl adjacent to an activating group) is 1. The highest BCUT2D eigenvalue weighted by Crippen LogP contribution is 2.44. The van der Waals surface area contributed by atoms with Crippen LogP contribution in [-0.2, 0) is 6.54 Å². The summed E-state index contributed by atoms with van der Waals surface area (Å²) in [4.78, 5) is 2.38. The van der Waals surface area contributed by atoms with Crippen LogP contribution in [-0.4, -0.2) is 18.5 Å². The molecule has 1 fully saturated rings. The lowest BCUT2D eigenvalue weighted by Crippen LogP contribution is -2.20. The van der Waals surface area contributed by atoms with Crippen LogP contribution in [0.3, 0.4) is 0 Å². The van der Waals surface area contributed by atoms with Crippen molar-refractivity contribution in [3.8, 4) is 0 Å². The van der Waals surface area contributed by atoms with Crippen LogP contribution in [0.5, 0.6) is 0 Å². The van der Waals surface area contributed by atoms with E-state index in [1.807, 2.05) is 0 Å². The summed E-state index contributed by atoms with van der Waals surface area (Å²) in [5.41, 5.74) is 2.88. The Kier molecular flexibility index (Phi) is 2.86. The first-order valence-corrected chi connectivity index (χ1v) is 6.42. The van der Waals surface area contributed by atoms with E-state index in [-0.39, 0.29) is 0 Å². The monoisotopic (exact) mass is 225 g/mol. The molecule has 1 aromatic rings. The summed E-state index contributed by atoms with van der Waals surface area (Å²) in [7, 11) is 2.20. The molecule has 0 saturated heterocycles. The maximum absolute atomic E-state index is 2.46. The number of hydrogen-bond donors (Lipinski definition) is 0. The Hall–Kier alpha value is -1.34. The summed E-state index contributed by atoms with van der Waals surface area (Å²) in [5, 5.41) is 0. The molecule has 88 valence electrons. The fourth-order valence-electron chi connectivity index (χ4n) is 2.59. The van der Waals surface area contributed by atoms with Crippen molar-refractivity contribution in [3.05, 3.63) is 59.7 Å². The number of benzene rings is 1. The van der Waals surface area contributed by atoms with Crippen LogP contribution in [0, 0.1) is 11.8 Å². The molecule has 1 nitrogen and oxygen atoms in total. The van der Waals surface area contributed by atoms with Crippen LogP contribution in [0.15, 0.2) is 54.1 Å². The van der Waals surface area contributed by atoms with Crippen LogP contribution < -0.4 is 0 Å². The molecule has 17 heavy (non-hydrogen) atoms. The van der Waals surface area contributed by atoms with Gasteiger partial charge in [-0.1, -0.05) is 48.6 Å². The largest absolute Gasteiger partial charge is 0.298 e. The lowest BCUT2D eigenvalue weighted by molar-refractivity contribution is 0.357. The maximum Gasteiger partial charge on any atom is 0.0234 e. The summed E-state index contributed by atoms with van der Waals surface area (Å²) >= 11 is 0. The van der Waals surface area contributed by atoms with E-state index >= 15 is 0 Å². The predicted molar refractivity (Wildman–Crippen MR) is 71.6 cm³/mol. The van der Waals surface area contributed by atoms with Crippen molar-refractivity contribution < 1.29 is 0 Å². The number of hydrogen-bond acceptors (Lipinski definition) is 1. The van der Waals surface area contributed by atoms with E-state index in [0.717, 1.165) is 24.9 Å².